The number of nitrogens with zero attached hydrogens (tertiary/aromatic N) is 1. The van der Waals surface area contributed by atoms with Crippen LogP contribution in [0.15, 0.2) is 188 Å². The highest BCUT2D eigenvalue weighted by Gasteiger charge is 2.14. The highest BCUT2D eigenvalue weighted by molar-refractivity contribution is 6.10. The molecule has 49 heavy (non-hydrogen) atoms. The molecule has 10 rings (SSSR count). The van der Waals surface area contributed by atoms with Gasteiger partial charge in [0.25, 0.3) is 0 Å². The third-order valence-corrected chi connectivity index (χ3v) is 10.1. The molecule has 0 spiro atoms. The predicted octanol–water partition coefficient (Wildman–Crippen LogP) is 13.2. The summed E-state index contributed by atoms with van der Waals surface area (Å²) >= 11 is 0. The molecular weight excluding hydrogens is 591 g/mol. The van der Waals surface area contributed by atoms with Crippen LogP contribution in [0.25, 0.3) is 93.2 Å². The van der Waals surface area contributed by atoms with Gasteiger partial charge in [-0.1, -0.05) is 133 Å². The zero-order chi connectivity index (χ0) is 32.3. The summed E-state index contributed by atoms with van der Waals surface area (Å²) < 4.78 is 2.40. The quantitative estimate of drug-likeness (QED) is 0.184. The van der Waals surface area contributed by atoms with E-state index in [-0.39, 0.29) is 0 Å². The summed E-state index contributed by atoms with van der Waals surface area (Å²) in [5.74, 6) is 0. The Morgan fingerprint density at radius 2 is 0.633 bits per heavy atom. The van der Waals surface area contributed by atoms with Crippen LogP contribution in [-0.4, -0.2) is 4.57 Å². The zero-order valence-corrected chi connectivity index (χ0v) is 26.8. The number of rotatable bonds is 4. The van der Waals surface area contributed by atoms with E-state index in [1.165, 1.54) is 87.5 Å². The Balaban J connectivity index is 0.997. The molecule has 1 nitrogen and oxygen atoms in total. The first kappa shape index (κ1) is 27.7. The van der Waals surface area contributed by atoms with Crippen molar-refractivity contribution in [2.75, 3.05) is 0 Å². The molecule has 0 saturated carbocycles. The van der Waals surface area contributed by atoms with Crippen LogP contribution in [-0.2, 0) is 0 Å². The van der Waals surface area contributed by atoms with E-state index in [9.17, 15) is 0 Å². The molecule has 9 aromatic carbocycles. The van der Waals surface area contributed by atoms with Gasteiger partial charge in [-0.05, 0) is 120 Å². The lowest BCUT2D eigenvalue weighted by Gasteiger charge is -2.11. The number of para-hydroxylation sites is 1. The lowest BCUT2D eigenvalue weighted by atomic mass is 9.96. The second kappa shape index (κ2) is 11.1. The van der Waals surface area contributed by atoms with Gasteiger partial charge in [0.1, 0.15) is 0 Å². The van der Waals surface area contributed by atoms with Gasteiger partial charge in [0.05, 0.1) is 11.0 Å². The Bertz CT molecular complexity index is 2870. The summed E-state index contributed by atoms with van der Waals surface area (Å²) in [4.78, 5) is 0. The molecular formula is C48H31N. The SMILES string of the molecule is c1ccc2cc(-c3ccc4cc(-c5ccc(-n6c7ccccc7c7cc(-c8ccc9ccccc9c8)ccc76)cc5)ccc4c3)ccc2c1. The maximum Gasteiger partial charge on any atom is 0.0541 e. The fourth-order valence-electron chi connectivity index (χ4n) is 7.58. The smallest absolute Gasteiger partial charge is 0.0541 e. The predicted molar refractivity (Wildman–Crippen MR) is 210 cm³/mol. The van der Waals surface area contributed by atoms with Gasteiger partial charge < -0.3 is 4.57 Å². The van der Waals surface area contributed by atoms with E-state index in [1.54, 1.807) is 0 Å². The Labute approximate surface area is 284 Å². The van der Waals surface area contributed by atoms with E-state index in [0.717, 1.165) is 5.69 Å². The van der Waals surface area contributed by atoms with Crippen LogP contribution in [0.5, 0.6) is 0 Å². The largest absolute Gasteiger partial charge is 0.309 e. The maximum absolute atomic E-state index is 2.40. The lowest BCUT2D eigenvalue weighted by Crippen LogP contribution is -1.93. The summed E-state index contributed by atoms with van der Waals surface area (Å²) in [7, 11) is 0. The van der Waals surface area contributed by atoms with Crippen LogP contribution in [0.3, 0.4) is 0 Å². The first-order chi connectivity index (χ1) is 24.2. The molecule has 0 aliphatic carbocycles. The minimum Gasteiger partial charge on any atom is -0.309 e. The molecule has 1 heterocycles. The minimum atomic E-state index is 1.16. The number of benzene rings is 9. The number of aromatic nitrogens is 1. The van der Waals surface area contributed by atoms with Gasteiger partial charge in [0.15, 0.2) is 0 Å². The van der Waals surface area contributed by atoms with Crippen molar-refractivity contribution in [3.05, 3.63) is 188 Å². The Kier molecular flexibility index (Phi) is 6.25. The third kappa shape index (κ3) is 4.71. The fraction of sp³-hybridized carbons (Fsp3) is 0. The second-order valence-electron chi connectivity index (χ2n) is 13.0. The van der Waals surface area contributed by atoms with Crippen molar-refractivity contribution in [3.8, 4) is 39.1 Å². The van der Waals surface area contributed by atoms with E-state index in [1.807, 2.05) is 0 Å². The van der Waals surface area contributed by atoms with Crippen molar-refractivity contribution in [2.45, 2.75) is 0 Å². The van der Waals surface area contributed by atoms with Crippen LogP contribution >= 0.6 is 0 Å². The average Bonchev–Trinajstić information content (AvgIpc) is 3.51. The molecule has 1 aromatic heterocycles. The summed E-state index contributed by atoms with van der Waals surface area (Å²) in [5, 5.41) is 10.1. The highest BCUT2D eigenvalue weighted by Crippen LogP contribution is 2.37. The Hall–Kier alpha value is -6.44. The monoisotopic (exact) mass is 621 g/mol. The van der Waals surface area contributed by atoms with Gasteiger partial charge in [-0.15, -0.1) is 0 Å². The molecule has 0 aliphatic rings. The van der Waals surface area contributed by atoms with Crippen molar-refractivity contribution >= 4 is 54.1 Å². The maximum atomic E-state index is 2.40. The van der Waals surface area contributed by atoms with E-state index < -0.39 is 0 Å². The first-order valence-corrected chi connectivity index (χ1v) is 16.9. The van der Waals surface area contributed by atoms with Gasteiger partial charge in [-0.3, -0.25) is 0 Å². The van der Waals surface area contributed by atoms with Crippen LogP contribution in [0.2, 0.25) is 0 Å². The molecule has 1 heteroatoms. The molecule has 10 aromatic rings. The number of hydrogen-bond acceptors (Lipinski definition) is 0. The normalized spacial score (nSPS) is 11.7. The molecule has 228 valence electrons. The second-order valence-corrected chi connectivity index (χ2v) is 13.0. The van der Waals surface area contributed by atoms with Crippen LogP contribution < -0.4 is 0 Å². The van der Waals surface area contributed by atoms with Gasteiger partial charge in [0, 0.05) is 16.5 Å². The van der Waals surface area contributed by atoms with Crippen molar-refractivity contribution in [3.63, 3.8) is 0 Å². The van der Waals surface area contributed by atoms with E-state index in [4.69, 9.17) is 0 Å². The summed E-state index contributed by atoms with van der Waals surface area (Å²) in [6.07, 6.45) is 0. The molecule has 0 aliphatic heterocycles. The van der Waals surface area contributed by atoms with Crippen molar-refractivity contribution < 1.29 is 0 Å². The topological polar surface area (TPSA) is 4.93 Å². The number of fused-ring (bicyclic) bond motifs is 6. The Morgan fingerprint density at radius 3 is 1.22 bits per heavy atom. The highest BCUT2D eigenvalue weighted by atomic mass is 15.0. The van der Waals surface area contributed by atoms with Gasteiger partial charge in [-0.25, -0.2) is 0 Å². The third-order valence-electron chi connectivity index (χ3n) is 10.1. The van der Waals surface area contributed by atoms with Crippen molar-refractivity contribution in [1.82, 2.24) is 4.57 Å². The molecule has 0 radical (unpaired) electrons. The zero-order valence-electron chi connectivity index (χ0n) is 26.8. The minimum absolute atomic E-state index is 1.16. The van der Waals surface area contributed by atoms with Gasteiger partial charge in [0.2, 0.25) is 0 Å². The van der Waals surface area contributed by atoms with Crippen molar-refractivity contribution in [1.29, 1.82) is 0 Å². The van der Waals surface area contributed by atoms with E-state index >= 15 is 0 Å². The van der Waals surface area contributed by atoms with E-state index in [0.29, 0.717) is 0 Å². The molecule has 0 atom stereocenters. The van der Waals surface area contributed by atoms with Crippen LogP contribution in [0.4, 0.5) is 0 Å². The molecule has 0 unspecified atom stereocenters. The van der Waals surface area contributed by atoms with E-state index in [2.05, 4.69) is 193 Å². The first-order valence-electron chi connectivity index (χ1n) is 16.9. The van der Waals surface area contributed by atoms with Gasteiger partial charge >= 0.3 is 0 Å². The summed E-state index contributed by atoms with van der Waals surface area (Å²) in [6, 6.07) is 68.9. The molecule has 0 amide bonds. The van der Waals surface area contributed by atoms with Crippen molar-refractivity contribution in [2.24, 2.45) is 0 Å². The summed E-state index contributed by atoms with van der Waals surface area (Å²) in [6.45, 7) is 0. The van der Waals surface area contributed by atoms with Gasteiger partial charge in [-0.2, -0.15) is 0 Å². The molecule has 0 saturated heterocycles. The standard InChI is InChI=1S/C48H31N/c1-3-9-35-27-38(15-13-32(35)7-1)41-20-19-39-29-37(17-18-40(39)30-41)34-21-24-44(25-22-34)49-47-12-6-5-11-45(47)46-31-43(23-26-48(46)49)42-16-14-33-8-2-4-10-36(33)28-42/h1-31H. The summed E-state index contributed by atoms with van der Waals surface area (Å²) in [5.41, 5.74) is 11.0. The Morgan fingerprint density at radius 1 is 0.245 bits per heavy atom. The number of hydrogen-bond donors (Lipinski definition) is 0. The average molecular weight is 622 g/mol. The van der Waals surface area contributed by atoms with Crippen LogP contribution in [0, 0.1) is 0 Å². The molecule has 0 fully saturated rings. The molecule has 0 N–H and O–H groups in total. The van der Waals surface area contributed by atoms with Crippen LogP contribution in [0.1, 0.15) is 0 Å². The molecule has 0 bridgehead atoms. The lowest BCUT2D eigenvalue weighted by molar-refractivity contribution is 1.18. The fourth-order valence-corrected chi connectivity index (χ4v) is 7.58.